The molecule has 1 fully saturated rings. The van der Waals surface area contributed by atoms with Crippen molar-refractivity contribution in [2.75, 3.05) is 0 Å². The van der Waals surface area contributed by atoms with E-state index in [2.05, 4.69) is 27.7 Å². The Labute approximate surface area is 189 Å². The number of unbranched alkanes of at least 4 members (excludes halogenated alkanes) is 14. The predicted molar refractivity (Wildman–Crippen MR) is 131 cm³/mol. The number of hydrogen-bond acceptors (Lipinski definition) is 2. The molecule has 1 rings (SSSR count). The standard InChI is InChI=1S/C28H54O2/c1-5-6-7-8-9-10-11-12-13-14-15-16-17-18-19-20-28(29)30-27-23-25(4)21-22-26(27)24(2)3/h24-27H,5-23H2,1-4H3. The Hall–Kier alpha value is -0.530. The van der Waals surface area contributed by atoms with Crippen LogP contribution in [0.25, 0.3) is 0 Å². The molecule has 0 aliphatic heterocycles. The molecule has 0 radical (unpaired) electrons. The highest BCUT2D eigenvalue weighted by molar-refractivity contribution is 5.69. The number of hydrogen-bond donors (Lipinski definition) is 0. The lowest BCUT2D eigenvalue weighted by Gasteiger charge is -2.36. The van der Waals surface area contributed by atoms with Gasteiger partial charge in [0.15, 0.2) is 0 Å². The summed E-state index contributed by atoms with van der Waals surface area (Å²) in [5.74, 6) is 1.92. The van der Waals surface area contributed by atoms with Crippen LogP contribution < -0.4 is 0 Å². The molecule has 0 bridgehead atoms. The Bertz CT molecular complexity index is 403. The summed E-state index contributed by atoms with van der Waals surface area (Å²) >= 11 is 0. The Morgan fingerprint density at radius 3 is 1.70 bits per heavy atom. The molecule has 0 amide bonds. The van der Waals surface area contributed by atoms with E-state index in [4.69, 9.17) is 4.74 Å². The van der Waals surface area contributed by atoms with Gasteiger partial charge in [-0.3, -0.25) is 4.79 Å². The largest absolute Gasteiger partial charge is 0.462 e. The maximum atomic E-state index is 12.3. The Balaban J connectivity index is 1.91. The second-order valence-electron chi connectivity index (χ2n) is 10.6. The number of ether oxygens (including phenoxy) is 1. The molecule has 0 aromatic carbocycles. The van der Waals surface area contributed by atoms with E-state index in [0.717, 1.165) is 12.8 Å². The van der Waals surface area contributed by atoms with Crippen molar-refractivity contribution >= 4 is 5.97 Å². The Kier molecular flexibility index (Phi) is 16.6. The average Bonchev–Trinajstić information content (AvgIpc) is 2.70. The lowest BCUT2D eigenvalue weighted by Crippen LogP contribution is -2.35. The monoisotopic (exact) mass is 422 g/mol. The summed E-state index contributed by atoms with van der Waals surface area (Å²) in [6, 6.07) is 0. The van der Waals surface area contributed by atoms with Crippen molar-refractivity contribution in [1.82, 2.24) is 0 Å². The summed E-state index contributed by atoms with van der Waals surface area (Å²) in [7, 11) is 0. The van der Waals surface area contributed by atoms with Crippen LogP contribution in [0, 0.1) is 17.8 Å². The van der Waals surface area contributed by atoms with E-state index in [1.165, 1.54) is 103 Å². The highest BCUT2D eigenvalue weighted by atomic mass is 16.5. The number of esters is 1. The van der Waals surface area contributed by atoms with Crippen molar-refractivity contribution < 1.29 is 9.53 Å². The molecule has 0 aromatic heterocycles. The zero-order valence-corrected chi connectivity index (χ0v) is 21.1. The summed E-state index contributed by atoms with van der Waals surface area (Å²) in [6.07, 6.45) is 24.7. The molecule has 3 unspecified atom stereocenters. The zero-order valence-electron chi connectivity index (χ0n) is 21.1. The highest BCUT2D eigenvalue weighted by Gasteiger charge is 2.33. The van der Waals surface area contributed by atoms with E-state index in [0.29, 0.717) is 24.2 Å². The van der Waals surface area contributed by atoms with Crippen LogP contribution in [-0.2, 0) is 9.53 Å². The van der Waals surface area contributed by atoms with Gasteiger partial charge in [0.25, 0.3) is 0 Å². The molecule has 2 heteroatoms. The zero-order chi connectivity index (χ0) is 22.0. The Morgan fingerprint density at radius 2 is 1.23 bits per heavy atom. The minimum absolute atomic E-state index is 0.0504. The first-order valence-corrected chi connectivity index (χ1v) is 13.7. The van der Waals surface area contributed by atoms with Gasteiger partial charge in [-0.25, -0.2) is 0 Å². The number of carbonyl (C=O) groups excluding carboxylic acids is 1. The quantitative estimate of drug-likeness (QED) is 0.162. The smallest absolute Gasteiger partial charge is 0.306 e. The van der Waals surface area contributed by atoms with Gasteiger partial charge in [0, 0.05) is 6.42 Å². The van der Waals surface area contributed by atoms with Crippen molar-refractivity contribution in [3.05, 3.63) is 0 Å². The third kappa shape index (κ3) is 13.7. The van der Waals surface area contributed by atoms with Crippen LogP contribution in [0.5, 0.6) is 0 Å². The van der Waals surface area contributed by atoms with E-state index in [1.807, 2.05) is 0 Å². The molecule has 0 aromatic rings. The van der Waals surface area contributed by atoms with E-state index in [-0.39, 0.29) is 12.1 Å². The first kappa shape index (κ1) is 27.5. The average molecular weight is 423 g/mol. The summed E-state index contributed by atoms with van der Waals surface area (Å²) in [5.41, 5.74) is 0. The summed E-state index contributed by atoms with van der Waals surface area (Å²) in [4.78, 5) is 12.3. The van der Waals surface area contributed by atoms with Crippen molar-refractivity contribution in [3.63, 3.8) is 0 Å². The fraction of sp³-hybridized carbons (Fsp3) is 0.964. The molecular formula is C28H54O2. The van der Waals surface area contributed by atoms with Crippen molar-refractivity contribution in [1.29, 1.82) is 0 Å². The van der Waals surface area contributed by atoms with E-state index >= 15 is 0 Å². The fourth-order valence-electron chi connectivity index (χ4n) is 5.12. The molecule has 30 heavy (non-hydrogen) atoms. The van der Waals surface area contributed by atoms with Crippen molar-refractivity contribution in [2.45, 2.75) is 156 Å². The van der Waals surface area contributed by atoms with Gasteiger partial charge in [-0.2, -0.15) is 0 Å². The maximum absolute atomic E-state index is 12.3. The van der Waals surface area contributed by atoms with Crippen molar-refractivity contribution in [3.8, 4) is 0 Å². The highest BCUT2D eigenvalue weighted by Crippen LogP contribution is 2.35. The maximum Gasteiger partial charge on any atom is 0.306 e. The molecule has 1 aliphatic carbocycles. The number of rotatable bonds is 18. The van der Waals surface area contributed by atoms with Gasteiger partial charge in [0.05, 0.1) is 0 Å². The lowest BCUT2D eigenvalue weighted by atomic mass is 9.75. The first-order valence-electron chi connectivity index (χ1n) is 13.7. The second kappa shape index (κ2) is 18.1. The van der Waals surface area contributed by atoms with Gasteiger partial charge in [-0.05, 0) is 37.0 Å². The first-order chi connectivity index (χ1) is 14.5. The molecule has 0 N–H and O–H groups in total. The molecule has 1 aliphatic rings. The van der Waals surface area contributed by atoms with Gasteiger partial charge in [-0.15, -0.1) is 0 Å². The third-order valence-electron chi connectivity index (χ3n) is 7.23. The van der Waals surface area contributed by atoms with Crippen LogP contribution in [0.2, 0.25) is 0 Å². The SMILES string of the molecule is CCCCCCCCCCCCCCCCCC(=O)OC1CC(C)CCC1C(C)C. The minimum atomic E-state index is 0.0504. The van der Waals surface area contributed by atoms with Crippen LogP contribution in [-0.4, -0.2) is 12.1 Å². The predicted octanol–water partition coefficient (Wildman–Crippen LogP) is 9.25. The van der Waals surface area contributed by atoms with E-state index in [9.17, 15) is 4.79 Å². The fourth-order valence-corrected chi connectivity index (χ4v) is 5.12. The van der Waals surface area contributed by atoms with Crippen LogP contribution >= 0.6 is 0 Å². The Morgan fingerprint density at radius 1 is 0.767 bits per heavy atom. The molecule has 178 valence electrons. The normalized spacial score (nSPS) is 21.8. The molecular weight excluding hydrogens is 368 g/mol. The molecule has 2 nitrogen and oxygen atoms in total. The molecule has 0 spiro atoms. The second-order valence-corrected chi connectivity index (χ2v) is 10.6. The van der Waals surface area contributed by atoms with Gasteiger partial charge in [0.1, 0.15) is 6.10 Å². The number of carbonyl (C=O) groups is 1. The molecule has 1 saturated carbocycles. The van der Waals surface area contributed by atoms with Gasteiger partial charge < -0.3 is 4.74 Å². The van der Waals surface area contributed by atoms with Crippen LogP contribution in [0.3, 0.4) is 0 Å². The van der Waals surface area contributed by atoms with Crippen LogP contribution in [0.1, 0.15) is 150 Å². The summed E-state index contributed by atoms with van der Waals surface area (Å²) in [6.45, 7) is 9.13. The van der Waals surface area contributed by atoms with Gasteiger partial charge in [0.2, 0.25) is 0 Å². The topological polar surface area (TPSA) is 26.3 Å². The third-order valence-corrected chi connectivity index (χ3v) is 7.23. The summed E-state index contributed by atoms with van der Waals surface area (Å²) < 4.78 is 5.92. The van der Waals surface area contributed by atoms with Crippen molar-refractivity contribution in [2.24, 2.45) is 17.8 Å². The van der Waals surface area contributed by atoms with Crippen LogP contribution in [0.15, 0.2) is 0 Å². The molecule has 3 atom stereocenters. The van der Waals surface area contributed by atoms with Gasteiger partial charge in [-0.1, -0.05) is 124 Å². The van der Waals surface area contributed by atoms with E-state index in [1.54, 1.807) is 0 Å². The minimum Gasteiger partial charge on any atom is -0.462 e. The molecule has 0 heterocycles. The van der Waals surface area contributed by atoms with E-state index < -0.39 is 0 Å². The lowest BCUT2D eigenvalue weighted by molar-refractivity contribution is -0.156. The van der Waals surface area contributed by atoms with Crippen LogP contribution in [0.4, 0.5) is 0 Å². The molecule has 0 saturated heterocycles. The summed E-state index contributed by atoms with van der Waals surface area (Å²) in [5, 5.41) is 0. The van der Waals surface area contributed by atoms with Gasteiger partial charge >= 0.3 is 5.97 Å².